The third-order valence-corrected chi connectivity index (χ3v) is 7.65. The van der Waals surface area contributed by atoms with Crippen molar-refractivity contribution in [3.63, 3.8) is 0 Å². The molecule has 0 radical (unpaired) electrons. The third kappa shape index (κ3) is 3.84. The summed E-state index contributed by atoms with van der Waals surface area (Å²) in [5.41, 5.74) is 2.31. The summed E-state index contributed by atoms with van der Waals surface area (Å²) in [6, 6.07) is 21.7. The Morgan fingerprint density at radius 1 is 0.944 bits per heavy atom. The van der Waals surface area contributed by atoms with Crippen molar-refractivity contribution in [1.29, 1.82) is 0 Å². The lowest BCUT2D eigenvalue weighted by Crippen LogP contribution is -2.28. The molecule has 0 spiro atoms. The van der Waals surface area contributed by atoms with Crippen LogP contribution in [0, 0.1) is 6.92 Å². The predicted octanol–water partition coefficient (Wildman–Crippen LogP) is 3.85. The van der Waals surface area contributed by atoms with Crippen LogP contribution in [0.1, 0.15) is 11.4 Å². The number of para-hydroxylation sites is 1. The number of pyridine rings is 1. The quantitative estimate of drug-likeness (QED) is 0.342. The van der Waals surface area contributed by atoms with Crippen LogP contribution in [0.25, 0.3) is 34.1 Å². The van der Waals surface area contributed by atoms with E-state index in [1.54, 1.807) is 35.0 Å². The molecule has 2 aromatic carbocycles. The maximum absolute atomic E-state index is 13.2. The fourth-order valence-corrected chi connectivity index (χ4v) is 5.01. The Morgan fingerprint density at radius 3 is 2.50 bits per heavy atom. The number of furan rings is 1. The molecular formula is C25H21N7O3S. The van der Waals surface area contributed by atoms with Crippen LogP contribution in [-0.4, -0.2) is 49.1 Å². The molecule has 10 nitrogen and oxygen atoms in total. The predicted molar refractivity (Wildman–Crippen MR) is 133 cm³/mol. The molecule has 0 atom stereocenters. The van der Waals surface area contributed by atoms with E-state index in [1.807, 2.05) is 55.5 Å². The van der Waals surface area contributed by atoms with Crippen molar-refractivity contribution in [3.8, 4) is 17.5 Å². The number of sulfonamides is 1. The minimum Gasteiger partial charge on any atom is -0.453 e. The molecule has 0 aliphatic heterocycles. The molecule has 0 N–H and O–H groups in total. The van der Waals surface area contributed by atoms with Crippen LogP contribution in [0.4, 0.5) is 0 Å². The van der Waals surface area contributed by atoms with Gasteiger partial charge in [0, 0.05) is 18.6 Å². The summed E-state index contributed by atoms with van der Waals surface area (Å²) in [6.45, 7) is 1.85. The lowest BCUT2D eigenvalue weighted by molar-refractivity contribution is 0.451. The molecule has 0 bridgehead atoms. The van der Waals surface area contributed by atoms with Crippen LogP contribution in [0.3, 0.4) is 0 Å². The van der Waals surface area contributed by atoms with Gasteiger partial charge in [-0.15, -0.1) is 10.2 Å². The van der Waals surface area contributed by atoms with E-state index in [2.05, 4.69) is 20.2 Å². The van der Waals surface area contributed by atoms with Gasteiger partial charge in [-0.25, -0.2) is 17.9 Å². The average Bonchev–Trinajstić information content (AvgIpc) is 3.60. The number of rotatable bonds is 6. The zero-order valence-corrected chi connectivity index (χ0v) is 20.3. The van der Waals surface area contributed by atoms with Crippen LogP contribution in [0.15, 0.2) is 88.3 Å². The van der Waals surface area contributed by atoms with Crippen molar-refractivity contribution in [2.24, 2.45) is 0 Å². The maximum atomic E-state index is 13.2. The maximum Gasteiger partial charge on any atom is 0.272 e. The SMILES string of the molecule is Cc1ccc(S(=O)(=O)N(C)Cc2nc(-c3cc4ccccc4o3)nn2-c2nc3ccccn3n2)cc1. The molecule has 11 heteroatoms. The molecule has 4 heterocycles. The average molecular weight is 500 g/mol. The van der Waals surface area contributed by atoms with Crippen molar-refractivity contribution in [2.45, 2.75) is 18.4 Å². The highest BCUT2D eigenvalue weighted by atomic mass is 32.2. The fraction of sp³-hybridized carbons (Fsp3) is 0.120. The number of nitrogens with zero attached hydrogens (tertiary/aromatic N) is 7. The molecule has 0 unspecified atom stereocenters. The van der Waals surface area contributed by atoms with Gasteiger partial charge in [-0.2, -0.15) is 14.0 Å². The first kappa shape index (κ1) is 22.1. The van der Waals surface area contributed by atoms with E-state index in [-0.39, 0.29) is 17.4 Å². The van der Waals surface area contributed by atoms with E-state index in [0.29, 0.717) is 28.6 Å². The number of hydrogen-bond donors (Lipinski definition) is 0. The number of benzene rings is 2. The Hall–Kier alpha value is -4.35. The highest BCUT2D eigenvalue weighted by Gasteiger charge is 2.26. The van der Waals surface area contributed by atoms with Gasteiger partial charge in [0.05, 0.1) is 11.4 Å². The Kier molecular flexibility index (Phi) is 5.16. The van der Waals surface area contributed by atoms with Gasteiger partial charge in [0.1, 0.15) is 5.58 Å². The molecule has 0 saturated heterocycles. The van der Waals surface area contributed by atoms with Crippen molar-refractivity contribution in [3.05, 3.63) is 90.4 Å². The first-order valence-corrected chi connectivity index (χ1v) is 12.6. The zero-order valence-electron chi connectivity index (χ0n) is 19.5. The molecule has 4 aromatic heterocycles. The van der Waals surface area contributed by atoms with Gasteiger partial charge < -0.3 is 4.42 Å². The standard InChI is InChI=1S/C25H21N7O3S/c1-17-10-12-19(13-11-17)36(33,34)30(2)16-23-26-24(21-15-18-7-3-4-8-20(18)35-21)28-32(23)25-27-22-9-5-6-14-31(22)29-25/h3-15H,16H2,1-2H3. The van der Waals surface area contributed by atoms with E-state index in [0.717, 1.165) is 10.9 Å². The zero-order chi connectivity index (χ0) is 24.9. The summed E-state index contributed by atoms with van der Waals surface area (Å²) in [4.78, 5) is 9.39. The molecule has 6 rings (SSSR count). The highest BCUT2D eigenvalue weighted by Crippen LogP contribution is 2.27. The number of aromatic nitrogens is 6. The van der Waals surface area contributed by atoms with Crippen LogP contribution < -0.4 is 0 Å². The number of aryl methyl sites for hydroxylation is 1. The van der Waals surface area contributed by atoms with Gasteiger partial charge >= 0.3 is 0 Å². The third-order valence-electron chi connectivity index (χ3n) is 5.83. The summed E-state index contributed by atoms with van der Waals surface area (Å²) in [5, 5.41) is 10.0. The molecule has 0 fully saturated rings. The van der Waals surface area contributed by atoms with E-state index in [9.17, 15) is 8.42 Å². The van der Waals surface area contributed by atoms with Gasteiger partial charge in [-0.3, -0.25) is 0 Å². The molecule has 0 aliphatic carbocycles. The van der Waals surface area contributed by atoms with Crippen molar-refractivity contribution in [2.75, 3.05) is 7.05 Å². The second-order valence-electron chi connectivity index (χ2n) is 8.40. The van der Waals surface area contributed by atoms with E-state index in [1.165, 1.54) is 16.0 Å². The molecule has 36 heavy (non-hydrogen) atoms. The van der Waals surface area contributed by atoms with Gasteiger partial charge in [-0.05, 0) is 43.3 Å². The molecular weight excluding hydrogens is 478 g/mol. The molecule has 180 valence electrons. The number of hydrogen-bond acceptors (Lipinski definition) is 7. The van der Waals surface area contributed by atoms with Gasteiger partial charge in [0.15, 0.2) is 17.2 Å². The van der Waals surface area contributed by atoms with E-state index >= 15 is 0 Å². The monoisotopic (exact) mass is 499 g/mol. The first-order valence-electron chi connectivity index (χ1n) is 11.2. The van der Waals surface area contributed by atoms with Crippen LogP contribution in [-0.2, 0) is 16.6 Å². The highest BCUT2D eigenvalue weighted by molar-refractivity contribution is 7.89. The summed E-state index contributed by atoms with van der Waals surface area (Å²) in [5.74, 6) is 1.39. The van der Waals surface area contributed by atoms with Crippen molar-refractivity contribution < 1.29 is 12.8 Å². The minimum absolute atomic E-state index is 0.0566. The van der Waals surface area contributed by atoms with Gasteiger partial charge in [0.25, 0.3) is 5.95 Å². The Bertz CT molecular complexity index is 1750. The van der Waals surface area contributed by atoms with E-state index < -0.39 is 10.0 Å². The molecule has 0 saturated carbocycles. The lowest BCUT2D eigenvalue weighted by Gasteiger charge is -2.16. The normalized spacial score (nSPS) is 12.2. The Balaban J connectivity index is 1.44. The second-order valence-corrected chi connectivity index (χ2v) is 10.4. The van der Waals surface area contributed by atoms with Crippen LogP contribution in [0.2, 0.25) is 0 Å². The summed E-state index contributed by atoms with van der Waals surface area (Å²) in [7, 11) is -2.26. The fourth-order valence-electron chi connectivity index (χ4n) is 3.89. The Labute approximate surface area is 206 Å². The summed E-state index contributed by atoms with van der Waals surface area (Å²) < 4.78 is 36.8. The lowest BCUT2D eigenvalue weighted by atomic mass is 10.2. The van der Waals surface area contributed by atoms with Gasteiger partial charge in [0.2, 0.25) is 15.8 Å². The van der Waals surface area contributed by atoms with Gasteiger partial charge in [-0.1, -0.05) is 42.0 Å². The smallest absolute Gasteiger partial charge is 0.272 e. The van der Waals surface area contributed by atoms with Crippen molar-refractivity contribution in [1.82, 2.24) is 33.7 Å². The molecule has 0 aliphatic rings. The van der Waals surface area contributed by atoms with Crippen LogP contribution >= 0.6 is 0 Å². The molecule has 0 amide bonds. The minimum atomic E-state index is -3.77. The Morgan fingerprint density at radius 2 is 1.72 bits per heavy atom. The summed E-state index contributed by atoms with van der Waals surface area (Å²) in [6.07, 6.45) is 1.77. The first-order chi connectivity index (χ1) is 17.4. The number of fused-ring (bicyclic) bond motifs is 2. The summed E-state index contributed by atoms with van der Waals surface area (Å²) >= 11 is 0. The van der Waals surface area contributed by atoms with Crippen LogP contribution in [0.5, 0.6) is 0 Å². The molecule has 6 aromatic rings. The largest absolute Gasteiger partial charge is 0.453 e. The van der Waals surface area contributed by atoms with Crippen molar-refractivity contribution >= 4 is 26.6 Å². The topological polar surface area (TPSA) is 111 Å². The van der Waals surface area contributed by atoms with E-state index in [4.69, 9.17) is 4.42 Å². The second kappa shape index (κ2) is 8.40.